The van der Waals surface area contributed by atoms with Gasteiger partial charge in [-0.2, -0.15) is 0 Å². The Morgan fingerprint density at radius 2 is 2.31 bits per heavy atom. The van der Waals surface area contributed by atoms with E-state index in [1.807, 2.05) is 12.4 Å². The smallest absolute Gasteiger partial charge is 0.0343 e. The zero-order chi connectivity index (χ0) is 11.0. The van der Waals surface area contributed by atoms with E-state index in [9.17, 15) is 0 Å². The third-order valence-electron chi connectivity index (χ3n) is 3.87. The summed E-state index contributed by atoms with van der Waals surface area (Å²) in [4.78, 5) is 4.31. The number of allylic oxidation sites excluding steroid dienone is 1. The van der Waals surface area contributed by atoms with E-state index in [0.29, 0.717) is 0 Å². The van der Waals surface area contributed by atoms with Gasteiger partial charge in [0.2, 0.25) is 0 Å². The van der Waals surface area contributed by atoms with Gasteiger partial charge in [-0.3, -0.25) is 4.98 Å². The standard InChI is InChI=1S/C14H18N2/c1-10-6-12(8-16-7-10)13-3-2-11-4-5-15-9-14(11)13/h3,6-8,11,14-15H,2,4-5,9H2,1H3/t11-,14+/m1/s1. The van der Waals surface area contributed by atoms with Crippen molar-refractivity contribution < 1.29 is 0 Å². The molecule has 1 aliphatic heterocycles. The Morgan fingerprint density at radius 1 is 1.38 bits per heavy atom. The molecule has 2 atom stereocenters. The molecule has 0 spiro atoms. The molecule has 16 heavy (non-hydrogen) atoms. The number of nitrogens with zero attached hydrogens (tertiary/aromatic N) is 1. The molecule has 1 saturated heterocycles. The topological polar surface area (TPSA) is 24.9 Å². The maximum atomic E-state index is 4.31. The van der Waals surface area contributed by atoms with Crippen LogP contribution in [0, 0.1) is 18.8 Å². The van der Waals surface area contributed by atoms with E-state index >= 15 is 0 Å². The summed E-state index contributed by atoms with van der Waals surface area (Å²) in [6.07, 6.45) is 8.95. The SMILES string of the molecule is Cc1cncc(C2=CC[C@@H]3CCNC[C@H]23)c1. The number of fused-ring (bicyclic) bond motifs is 1. The molecule has 0 unspecified atom stereocenters. The van der Waals surface area contributed by atoms with E-state index in [2.05, 4.69) is 29.4 Å². The molecule has 0 amide bonds. The second-order valence-corrected chi connectivity index (χ2v) is 5.01. The molecule has 0 radical (unpaired) electrons. The third-order valence-corrected chi connectivity index (χ3v) is 3.87. The number of hydrogen-bond donors (Lipinski definition) is 1. The monoisotopic (exact) mass is 214 g/mol. The van der Waals surface area contributed by atoms with Gasteiger partial charge in [0.25, 0.3) is 0 Å². The normalized spacial score (nSPS) is 28.7. The molecule has 0 bridgehead atoms. The van der Waals surface area contributed by atoms with Gasteiger partial charge in [-0.05, 0) is 60.9 Å². The predicted molar refractivity (Wildman–Crippen MR) is 66.0 cm³/mol. The van der Waals surface area contributed by atoms with Gasteiger partial charge in [-0.15, -0.1) is 0 Å². The second-order valence-electron chi connectivity index (χ2n) is 5.01. The van der Waals surface area contributed by atoms with Gasteiger partial charge in [0.15, 0.2) is 0 Å². The largest absolute Gasteiger partial charge is 0.316 e. The molecule has 1 aliphatic carbocycles. The van der Waals surface area contributed by atoms with Gasteiger partial charge in [0, 0.05) is 18.9 Å². The van der Waals surface area contributed by atoms with Crippen molar-refractivity contribution in [1.82, 2.24) is 10.3 Å². The lowest BCUT2D eigenvalue weighted by Crippen LogP contribution is -2.34. The van der Waals surface area contributed by atoms with Gasteiger partial charge in [0.1, 0.15) is 0 Å². The molecule has 0 saturated carbocycles. The van der Waals surface area contributed by atoms with Gasteiger partial charge in [0.05, 0.1) is 0 Å². The number of aryl methyl sites for hydroxylation is 1. The zero-order valence-corrected chi connectivity index (χ0v) is 9.74. The lowest BCUT2D eigenvalue weighted by Gasteiger charge is -2.28. The molecule has 0 aromatic carbocycles. The fourth-order valence-corrected chi connectivity index (χ4v) is 3.03. The Balaban J connectivity index is 1.90. The molecule has 3 rings (SSSR count). The average Bonchev–Trinajstić information content (AvgIpc) is 2.72. The molecule has 1 aromatic rings. The number of piperidine rings is 1. The van der Waals surface area contributed by atoms with Crippen molar-refractivity contribution in [2.45, 2.75) is 19.8 Å². The fraction of sp³-hybridized carbons (Fsp3) is 0.500. The Morgan fingerprint density at radius 3 is 3.19 bits per heavy atom. The molecule has 84 valence electrons. The van der Waals surface area contributed by atoms with Crippen molar-refractivity contribution in [3.05, 3.63) is 35.7 Å². The Kier molecular flexibility index (Phi) is 2.52. The summed E-state index contributed by atoms with van der Waals surface area (Å²) in [5.74, 6) is 1.59. The summed E-state index contributed by atoms with van der Waals surface area (Å²) in [6.45, 7) is 4.45. The maximum absolute atomic E-state index is 4.31. The van der Waals surface area contributed by atoms with Crippen molar-refractivity contribution in [2.24, 2.45) is 11.8 Å². The van der Waals surface area contributed by atoms with Crippen LogP contribution >= 0.6 is 0 Å². The average molecular weight is 214 g/mol. The Bertz CT molecular complexity index is 422. The number of rotatable bonds is 1. The first-order valence-electron chi connectivity index (χ1n) is 6.17. The van der Waals surface area contributed by atoms with Crippen LogP contribution in [0.3, 0.4) is 0 Å². The van der Waals surface area contributed by atoms with Crippen LogP contribution in [0.5, 0.6) is 0 Å². The van der Waals surface area contributed by atoms with E-state index in [0.717, 1.165) is 18.4 Å². The first kappa shape index (κ1) is 10.0. The van der Waals surface area contributed by atoms with Crippen LogP contribution in [0.4, 0.5) is 0 Å². The highest BCUT2D eigenvalue weighted by Gasteiger charge is 2.32. The molecular weight excluding hydrogens is 196 g/mol. The lowest BCUT2D eigenvalue weighted by atomic mass is 9.84. The first-order chi connectivity index (χ1) is 7.84. The van der Waals surface area contributed by atoms with Crippen LogP contribution < -0.4 is 5.32 Å². The van der Waals surface area contributed by atoms with Crippen molar-refractivity contribution in [3.63, 3.8) is 0 Å². The highest BCUT2D eigenvalue weighted by molar-refractivity contribution is 5.69. The van der Waals surface area contributed by atoms with Gasteiger partial charge in [-0.25, -0.2) is 0 Å². The number of aromatic nitrogens is 1. The quantitative estimate of drug-likeness (QED) is 0.776. The van der Waals surface area contributed by atoms with Crippen LogP contribution in [-0.2, 0) is 0 Å². The Hall–Kier alpha value is -1.15. The highest BCUT2D eigenvalue weighted by atomic mass is 14.9. The third kappa shape index (κ3) is 1.67. The van der Waals surface area contributed by atoms with E-state index in [1.54, 1.807) is 0 Å². The molecule has 1 N–H and O–H groups in total. The summed E-state index contributed by atoms with van der Waals surface area (Å²) in [7, 11) is 0. The van der Waals surface area contributed by atoms with Crippen LogP contribution in [0.15, 0.2) is 24.5 Å². The number of nitrogens with one attached hydrogen (secondary N) is 1. The molecule has 1 aromatic heterocycles. The van der Waals surface area contributed by atoms with Crippen LogP contribution in [0.25, 0.3) is 5.57 Å². The van der Waals surface area contributed by atoms with Crippen LogP contribution in [-0.4, -0.2) is 18.1 Å². The number of pyridine rings is 1. The summed E-state index contributed by atoms with van der Waals surface area (Å²) in [6, 6.07) is 2.26. The van der Waals surface area contributed by atoms with Crippen molar-refractivity contribution >= 4 is 5.57 Å². The minimum absolute atomic E-state index is 0.720. The fourth-order valence-electron chi connectivity index (χ4n) is 3.03. The molecular formula is C14H18N2. The minimum atomic E-state index is 0.720. The summed E-state index contributed by atoms with van der Waals surface area (Å²) in [5.41, 5.74) is 4.11. The van der Waals surface area contributed by atoms with Crippen molar-refractivity contribution in [3.8, 4) is 0 Å². The Labute approximate surface area is 96.8 Å². The molecule has 1 fully saturated rings. The molecule has 2 nitrogen and oxygen atoms in total. The van der Waals surface area contributed by atoms with Gasteiger partial charge in [-0.1, -0.05) is 6.08 Å². The van der Waals surface area contributed by atoms with Crippen molar-refractivity contribution in [2.75, 3.05) is 13.1 Å². The molecule has 2 aliphatic rings. The summed E-state index contributed by atoms with van der Waals surface area (Å²) in [5, 5.41) is 3.51. The predicted octanol–water partition coefficient (Wildman–Crippen LogP) is 2.40. The summed E-state index contributed by atoms with van der Waals surface area (Å²) >= 11 is 0. The van der Waals surface area contributed by atoms with Gasteiger partial charge >= 0.3 is 0 Å². The highest BCUT2D eigenvalue weighted by Crippen LogP contribution is 2.40. The molecule has 2 heteroatoms. The van der Waals surface area contributed by atoms with E-state index < -0.39 is 0 Å². The van der Waals surface area contributed by atoms with E-state index in [-0.39, 0.29) is 0 Å². The zero-order valence-electron chi connectivity index (χ0n) is 9.74. The first-order valence-corrected chi connectivity index (χ1v) is 6.17. The maximum Gasteiger partial charge on any atom is 0.0343 e. The minimum Gasteiger partial charge on any atom is -0.316 e. The van der Waals surface area contributed by atoms with Crippen LogP contribution in [0.1, 0.15) is 24.0 Å². The molecule has 2 heterocycles. The number of hydrogen-bond acceptors (Lipinski definition) is 2. The van der Waals surface area contributed by atoms with E-state index in [4.69, 9.17) is 0 Å². The second kappa shape index (κ2) is 4.02. The van der Waals surface area contributed by atoms with Crippen molar-refractivity contribution in [1.29, 1.82) is 0 Å². The van der Waals surface area contributed by atoms with Crippen LogP contribution in [0.2, 0.25) is 0 Å². The van der Waals surface area contributed by atoms with E-state index in [1.165, 1.54) is 36.1 Å². The van der Waals surface area contributed by atoms with Gasteiger partial charge < -0.3 is 5.32 Å². The summed E-state index contributed by atoms with van der Waals surface area (Å²) < 4.78 is 0. The lowest BCUT2D eigenvalue weighted by molar-refractivity contribution is 0.328.